The van der Waals surface area contributed by atoms with Crippen molar-refractivity contribution in [1.29, 1.82) is 0 Å². The molecule has 83 heavy (non-hydrogen) atoms. The van der Waals surface area contributed by atoms with Gasteiger partial charge in [-0.15, -0.1) is 0 Å². The summed E-state index contributed by atoms with van der Waals surface area (Å²) >= 11 is 2.83. The van der Waals surface area contributed by atoms with Crippen molar-refractivity contribution in [2.75, 3.05) is 43.7 Å². The minimum absolute atomic E-state index is 0.0343. The van der Waals surface area contributed by atoms with Crippen LogP contribution in [0.1, 0.15) is 116 Å². The van der Waals surface area contributed by atoms with E-state index in [4.69, 9.17) is 22.9 Å². The van der Waals surface area contributed by atoms with Gasteiger partial charge in [-0.1, -0.05) is 58.4 Å². The number of rotatable bonds is 42. The molecule has 466 valence electrons. The number of carbonyl (C=O) groups excluding carboxylic acids is 8. The molecule has 19 N–H and O–H groups in total. The van der Waals surface area contributed by atoms with E-state index in [1.165, 1.54) is 72.1 Å². The molecule has 0 spiro atoms. The van der Waals surface area contributed by atoms with Gasteiger partial charge >= 0.3 is 5.97 Å². The number of hydrogen-bond acceptors (Lipinski definition) is 17. The van der Waals surface area contributed by atoms with Crippen molar-refractivity contribution >= 4 is 76.8 Å². The Morgan fingerprint density at radius 3 is 1.02 bits per heavy atom. The largest absolute Gasteiger partial charge is 0.508 e. The normalized spacial score (nSPS) is 14.9. The lowest BCUT2D eigenvalue weighted by Crippen LogP contribution is -2.61. The van der Waals surface area contributed by atoms with Crippen molar-refractivity contribution in [2.45, 2.75) is 172 Å². The summed E-state index contributed by atoms with van der Waals surface area (Å²) in [7, 11) is 0. The van der Waals surface area contributed by atoms with Gasteiger partial charge in [0.25, 0.3) is 0 Å². The van der Waals surface area contributed by atoms with Crippen molar-refractivity contribution in [3.05, 3.63) is 59.7 Å². The molecule has 0 aliphatic rings. The van der Waals surface area contributed by atoms with Crippen LogP contribution in [0.2, 0.25) is 0 Å². The minimum Gasteiger partial charge on any atom is -0.508 e. The van der Waals surface area contributed by atoms with Gasteiger partial charge in [0.1, 0.15) is 59.8 Å². The quantitative estimate of drug-likeness (QED) is 0.0408. The number of carbonyl (C=O) groups is 9. The molecule has 0 bridgehead atoms. The summed E-state index contributed by atoms with van der Waals surface area (Å²) in [5, 5.41) is 51.9. The third-order valence-corrected chi connectivity index (χ3v) is 15.3. The molecule has 26 heteroatoms. The van der Waals surface area contributed by atoms with Crippen molar-refractivity contribution in [1.82, 2.24) is 42.5 Å². The molecule has 0 radical (unpaired) electrons. The topological polar surface area (TPSA) is 415 Å². The molecule has 0 saturated heterocycles. The lowest BCUT2D eigenvalue weighted by molar-refractivity contribution is -0.144. The molecule has 24 nitrogen and oxygen atoms in total. The van der Waals surface area contributed by atoms with Gasteiger partial charge in [-0.05, 0) is 162 Å². The lowest BCUT2D eigenvalue weighted by atomic mass is 9.97. The second-order valence-electron chi connectivity index (χ2n) is 21.1. The number of hydrogen-bond donors (Lipinski definition) is 15. The standard InChI is InChI=1S/C57H94N12O12S2/c1-7-35(4)48(57(80)81)69-55(78)46(33-37-19-23-39(71)24-20-37)68-54(77)45(32-36-17-21-38(70)22-18-36)67-51(74)41(15-9-12-28-59)63-53(76)43(25-30-82-5)64-49(72)40(14-8-11-27-58)62-52(75)44(26-31-83-6)65-50(73)42(16-10-13-29-60)66-56(79)47(61)34(2)3/h17-24,34-35,40-48,70-71H,7-16,25-33,58-61H2,1-6H3,(H,62,75)(H,63,76)(H,64,72)(H,65,73)(H,66,79)(H,67,74)(H,68,77)(H,69,78)(H,80,81)/t35-,40-,41-,42-,43-,44-,45-,46-,47-,48-/m0/s1. The predicted octanol–water partition coefficient (Wildman–Crippen LogP) is 0.769. The molecule has 2 rings (SSSR count). The number of aromatic hydroxyl groups is 2. The molecule has 0 fully saturated rings. The number of unbranched alkanes of at least 4 members (excludes halogenated alkanes) is 3. The number of phenols is 2. The SMILES string of the molecule is CC[C@H](C)[C@H](NC(=O)[C@H](Cc1ccc(O)cc1)NC(=O)[C@H](Cc1ccc(O)cc1)NC(=O)[C@H](CCCCN)NC(=O)[C@H](CCSC)NC(=O)[C@H](CCCCN)NC(=O)[C@H](CCSC)NC(=O)[C@H](CCCCN)NC(=O)[C@@H](N)C(C)C)C(=O)O. The molecule has 10 atom stereocenters. The summed E-state index contributed by atoms with van der Waals surface area (Å²) in [6.07, 6.45) is 7.10. The monoisotopic (exact) mass is 1200 g/mol. The predicted molar refractivity (Wildman–Crippen MR) is 324 cm³/mol. The van der Waals surface area contributed by atoms with Gasteiger partial charge in [0.15, 0.2) is 0 Å². The zero-order chi connectivity index (χ0) is 62.0. The van der Waals surface area contributed by atoms with Crippen LogP contribution < -0.4 is 65.5 Å². The highest BCUT2D eigenvalue weighted by Gasteiger charge is 2.36. The highest BCUT2D eigenvalue weighted by Crippen LogP contribution is 2.17. The Bertz CT molecular complexity index is 2340. The Hall–Kier alpha value is -6.19. The number of thioether (sulfide) groups is 2. The molecule has 0 saturated carbocycles. The zero-order valence-electron chi connectivity index (χ0n) is 49.0. The van der Waals surface area contributed by atoms with Gasteiger partial charge in [-0.2, -0.15) is 23.5 Å². The highest BCUT2D eigenvalue weighted by molar-refractivity contribution is 7.98. The van der Waals surface area contributed by atoms with Crippen LogP contribution in [0.5, 0.6) is 11.5 Å². The van der Waals surface area contributed by atoms with Crippen LogP contribution >= 0.6 is 23.5 Å². The first-order chi connectivity index (χ1) is 39.5. The third kappa shape index (κ3) is 27.4. The number of amides is 8. The Kier molecular flexibility index (Phi) is 35.3. The molecule has 2 aromatic rings. The van der Waals surface area contributed by atoms with E-state index in [1.54, 1.807) is 34.0 Å². The van der Waals surface area contributed by atoms with Gasteiger partial charge in [0, 0.05) is 12.8 Å². The first-order valence-corrected chi connectivity index (χ1v) is 31.4. The highest BCUT2D eigenvalue weighted by atomic mass is 32.2. The van der Waals surface area contributed by atoms with Gasteiger partial charge in [0.2, 0.25) is 47.3 Å². The maximum Gasteiger partial charge on any atom is 0.326 e. The number of carboxylic acid groups (broad SMARTS) is 1. The van der Waals surface area contributed by atoms with E-state index in [-0.39, 0.29) is 75.5 Å². The van der Waals surface area contributed by atoms with E-state index < -0.39 is 114 Å². The Morgan fingerprint density at radius 2 is 0.735 bits per heavy atom. The minimum atomic E-state index is -1.43. The Balaban J connectivity index is 2.55. The molecule has 0 unspecified atom stereocenters. The average molecular weight is 1200 g/mol. The second-order valence-corrected chi connectivity index (χ2v) is 23.0. The van der Waals surface area contributed by atoms with Gasteiger partial charge < -0.3 is 80.8 Å². The van der Waals surface area contributed by atoms with Crippen molar-refractivity contribution in [2.24, 2.45) is 34.8 Å². The van der Waals surface area contributed by atoms with E-state index in [2.05, 4.69) is 42.5 Å². The van der Waals surface area contributed by atoms with Crippen LogP contribution in [0, 0.1) is 11.8 Å². The number of phenolic OH excluding ortho intramolecular Hbond substituents is 2. The number of nitrogens with one attached hydrogen (secondary N) is 8. The fraction of sp³-hybridized carbons (Fsp3) is 0.632. The summed E-state index contributed by atoms with van der Waals surface area (Å²) in [6, 6.07) is 0.717. The molecule has 0 aliphatic heterocycles. The smallest absolute Gasteiger partial charge is 0.326 e. The van der Waals surface area contributed by atoms with E-state index in [9.17, 15) is 58.5 Å². The molecular weight excluding hydrogens is 1110 g/mol. The summed E-state index contributed by atoms with van der Waals surface area (Å²) in [5.74, 6) is -7.07. The Labute approximate surface area is 497 Å². The average Bonchev–Trinajstić information content (AvgIpc) is 3.59. The van der Waals surface area contributed by atoms with E-state index in [0.29, 0.717) is 74.1 Å². The van der Waals surface area contributed by atoms with E-state index in [1.807, 2.05) is 6.26 Å². The summed E-state index contributed by atoms with van der Waals surface area (Å²) in [4.78, 5) is 126. The number of nitrogens with two attached hydrogens (primary N) is 4. The van der Waals surface area contributed by atoms with Crippen molar-refractivity contribution < 1.29 is 58.5 Å². The van der Waals surface area contributed by atoms with Crippen LogP contribution in [-0.2, 0) is 56.0 Å². The van der Waals surface area contributed by atoms with E-state index >= 15 is 0 Å². The molecule has 0 heterocycles. The number of carboxylic acids is 1. The molecule has 0 aromatic heterocycles. The maximum atomic E-state index is 14.6. The molecule has 0 aliphatic carbocycles. The summed E-state index contributed by atoms with van der Waals surface area (Å²) in [6.45, 7) is 7.89. The van der Waals surface area contributed by atoms with E-state index in [0.717, 1.165) is 0 Å². The van der Waals surface area contributed by atoms with Gasteiger partial charge in [-0.3, -0.25) is 38.4 Å². The first kappa shape index (κ1) is 72.9. The Morgan fingerprint density at radius 1 is 0.446 bits per heavy atom. The van der Waals surface area contributed by atoms with Crippen LogP contribution in [0.15, 0.2) is 48.5 Å². The van der Waals surface area contributed by atoms with Gasteiger partial charge in [0.05, 0.1) is 6.04 Å². The molecule has 2 aromatic carbocycles. The second kappa shape index (κ2) is 40.1. The lowest BCUT2D eigenvalue weighted by Gasteiger charge is -2.28. The summed E-state index contributed by atoms with van der Waals surface area (Å²) in [5.41, 5.74) is 24.5. The third-order valence-electron chi connectivity index (χ3n) is 14.0. The fourth-order valence-corrected chi connectivity index (χ4v) is 9.53. The fourth-order valence-electron chi connectivity index (χ4n) is 8.59. The number of benzene rings is 2. The summed E-state index contributed by atoms with van der Waals surface area (Å²) < 4.78 is 0. The van der Waals surface area contributed by atoms with Crippen molar-refractivity contribution in [3.8, 4) is 11.5 Å². The van der Waals surface area contributed by atoms with Crippen LogP contribution in [0.4, 0.5) is 0 Å². The molecule has 8 amide bonds. The van der Waals surface area contributed by atoms with Crippen LogP contribution in [0.25, 0.3) is 0 Å². The van der Waals surface area contributed by atoms with Gasteiger partial charge in [-0.25, -0.2) is 4.79 Å². The van der Waals surface area contributed by atoms with Crippen LogP contribution in [-0.4, -0.2) is 167 Å². The zero-order valence-corrected chi connectivity index (χ0v) is 50.7. The molecular formula is C57H94N12O12S2. The van der Waals surface area contributed by atoms with Crippen LogP contribution in [0.3, 0.4) is 0 Å². The first-order valence-electron chi connectivity index (χ1n) is 28.6. The maximum absolute atomic E-state index is 14.6. The van der Waals surface area contributed by atoms with Crippen molar-refractivity contribution in [3.63, 3.8) is 0 Å². The number of aliphatic carboxylic acids is 1.